The Kier molecular flexibility index (Phi) is 6.43. The summed E-state index contributed by atoms with van der Waals surface area (Å²) < 4.78 is 15.8. The van der Waals surface area contributed by atoms with Crippen LogP contribution in [0.15, 0.2) is 46.6 Å². The Morgan fingerprint density at radius 3 is 2.68 bits per heavy atom. The zero-order valence-corrected chi connectivity index (χ0v) is 18.2. The van der Waals surface area contributed by atoms with Gasteiger partial charge >= 0.3 is 11.9 Å². The van der Waals surface area contributed by atoms with Gasteiger partial charge in [-0.15, -0.1) is 11.3 Å². The van der Waals surface area contributed by atoms with Crippen LogP contribution in [-0.2, 0) is 14.3 Å². The number of pyridine rings is 1. The van der Waals surface area contributed by atoms with Crippen LogP contribution >= 0.6 is 11.3 Å². The van der Waals surface area contributed by atoms with E-state index in [9.17, 15) is 9.59 Å². The first-order valence-corrected chi connectivity index (χ1v) is 10.9. The van der Waals surface area contributed by atoms with Gasteiger partial charge in [0.15, 0.2) is 5.71 Å². The number of allylic oxidation sites excluding steroid dienone is 1. The number of carbonyl (C=O) groups is 2. The molecule has 5 rings (SSSR count). The van der Waals surface area contributed by atoms with Gasteiger partial charge in [-0.3, -0.25) is 4.90 Å². The van der Waals surface area contributed by atoms with E-state index in [4.69, 9.17) is 14.2 Å². The van der Waals surface area contributed by atoms with Crippen molar-refractivity contribution in [1.82, 2.24) is 9.88 Å². The summed E-state index contributed by atoms with van der Waals surface area (Å²) in [5, 5.41) is 1.72. The second kappa shape index (κ2) is 9.40. The first-order chi connectivity index (χ1) is 15.1. The maximum absolute atomic E-state index is 13.3. The second-order valence-corrected chi connectivity index (χ2v) is 8.16. The predicted octanol–water partition coefficient (Wildman–Crippen LogP) is 3.21. The zero-order valence-electron chi connectivity index (χ0n) is 17.4. The highest BCUT2D eigenvalue weighted by Crippen LogP contribution is 2.30. The minimum absolute atomic E-state index is 0.0682. The topological polar surface area (TPSA) is 90.3 Å². The molecule has 2 aromatic rings. The summed E-state index contributed by atoms with van der Waals surface area (Å²) >= 11 is 1.20. The van der Waals surface area contributed by atoms with E-state index in [1.165, 1.54) is 31.8 Å². The third-order valence-electron chi connectivity index (χ3n) is 5.41. The van der Waals surface area contributed by atoms with Gasteiger partial charge in [0.05, 0.1) is 19.9 Å². The third-order valence-corrected chi connectivity index (χ3v) is 6.29. The first kappa shape index (κ1) is 21.2. The van der Waals surface area contributed by atoms with Gasteiger partial charge in [-0.2, -0.15) is 0 Å². The Hall–Kier alpha value is -3.04. The number of carbonyl (C=O) groups excluding carboxylic acids is 2. The number of thiophene rings is 1. The van der Waals surface area contributed by atoms with E-state index in [0.29, 0.717) is 27.8 Å². The molecule has 1 fully saturated rings. The van der Waals surface area contributed by atoms with Crippen molar-refractivity contribution in [3.63, 3.8) is 0 Å². The molecule has 0 saturated carbocycles. The largest absolute Gasteiger partial charge is 0.481 e. The Morgan fingerprint density at radius 2 is 2.00 bits per heavy atom. The molecular weight excluding hydrogens is 418 g/mol. The van der Waals surface area contributed by atoms with Crippen LogP contribution in [0.2, 0.25) is 0 Å². The number of piperidine rings is 1. The smallest absolute Gasteiger partial charge is 0.362 e. The van der Waals surface area contributed by atoms with Gasteiger partial charge in [0.1, 0.15) is 10.6 Å². The molecule has 0 aliphatic carbocycles. The van der Waals surface area contributed by atoms with Crippen LogP contribution in [0.3, 0.4) is 0 Å². The van der Waals surface area contributed by atoms with E-state index in [0.717, 1.165) is 32.5 Å². The molecule has 9 heteroatoms. The average Bonchev–Trinajstić information content (AvgIpc) is 3.10. The van der Waals surface area contributed by atoms with Crippen LogP contribution in [0, 0.1) is 5.92 Å². The fourth-order valence-electron chi connectivity index (χ4n) is 3.69. The fraction of sp³-hybridized carbons (Fsp3) is 0.364. The number of aromatic nitrogens is 1. The molecule has 1 saturated heterocycles. The first-order valence-electron chi connectivity index (χ1n) is 9.98. The average molecular weight is 442 g/mol. The Labute approximate surface area is 184 Å². The van der Waals surface area contributed by atoms with Crippen molar-refractivity contribution >= 4 is 34.7 Å². The van der Waals surface area contributed by atoms with Crippen molar-refractivity contribution in [3.8, 4) is 5.88 Å². The summed E-state index contributed by atoms with van der Waals surface area (Å²) in [4.78, 5) is 36.7. The van der Waals surface area contributed by atoms with Crippen molar-refractivity contribution in [2.45, 2.75) is 12.8 Å². The van der Waals surface area contributed by atoms with E-state index < -0.39 is 11.9 Å². The lowest BCUT2D eigenvalue weighted by atomic mass is 9.96. The summed E-state index contributed by atoms with van der Waals surface area (Å²) in [5.41, 5.74) is 0.885. The number of esters is 2. The number of hydrogen-bond donors (Lipinski definition) is 0. The van der Waals surface area contributed by atoms with E-state index in [2.05, 4.69) is 14.9 Å². The predicted molar refractivity (Wildman–Crippen MR) is 116 cm³/mol. The number of rotatable bonds is 6. The summed E-state index contributed by atoms with van der Waals surface area (Å²) in [7, 11) is 2.82. The van der Waals surface area contributed by atoms with E-state index in [-0.39, 0.29) is 11.6 Å². The van der Waals surface area contributed by atoms with Crippen molar-refractivity contribution in [2.24, 2.45) is 10.9 Å². The molecule has 2 aromatic heterocycles. The van der Waals surface area contributed by atoms with Crippen molar-refractivity contribution in [1.29, 1.82) is 0 Å². The molecule has 0 unspecified atom stereocenters. The van der Waals surface area contributed by atoms with Gasteiger partial charge in [0, 0.05) is 30.3 Å². The highest BCUT2D eigenvalue weighted by Gasteiger charge is 2.29. The van der Waals surface area contributed by atoms with Gasteiger partial charge in [-0.05, 0) is 49.5 Å². The lowest BCUT2D eigenvalue weighted by Crippen LogP contribution is -2.31. The molecule has 0 aromatic carbocycles. The van der Waals surface area contributed by atoms with Crippen molar-refractivity contribution in [2.75, 3.05) is 33.9 Å². The molecule has 0 radical (unpaired) electrons. The molecular formula is C22H23N3O5S. The van der Waals surface area contributed by atoms with Gasteiger partial charge in [-0.1, -0.05) is 0 Å². The minimum atomic E-state index is -0.583. The van der Waals surface area contributed by atoms with Crippen LogP contribution in [0.5, 0.6) is 5.88 Å². The number of methoxy groups -OCH3 is 2. The molecule has 0 N–H and O–H groups in total. The molecule has 5 heterocycles. The molecule has 31 heavy (non-hydrogen) atoms. The van der Waals surface area contributed by atoms with Crippen LogP contribution in [0.1, 0.15) is 28.1 Å². The number of hydrogen-bond acceptors (Lipinski definition) is 9. The van der Waals surface area contributed by atoms with E-state index in [1.54, 1.807) is 23.6 Å². The molecule has 8 nitrogen and oxygen atoms in total. The molecule has 2 bridgehead atoms. The van der Waals surface area contributed by atoms with Gasteiger partial charge < -0.3 is 14.2 Å². The highest BCUT2D eigenvalue weighted by molar-refractivity contribution is 7.12. The Balaban J connectivity index is 1.68. The lowest BCUT2D eigenvalue weighted by Gasteiger charge is -2.27. The van der Waals surface area contributed by atoms with E-state index >= 15 is 0 Å². The minimum Gasteiger partial charge on any atom is -0.481 e. The second-order valence-electron chi connectivity index (χ2n) is 7.25. The van der Waals surface area contributed by atoms with Crippen LogP contribution in [-0.4, -0.2) is 61.4 Å². The van der Waals surface area contributed by atoms with Crippen molar-refractivity contribution < 1.29 is 23.8 Å². The zero-order chi connectivity index (χ0) is 21.8. The quantitative estimate of drug-likeness (QED) is 0.502. The Bertz CT molecular complexity index is 1020. The van der Waals surface area contributed by atoms with Crippen LogP contribution < -0.4 is 4.74 Å². The third kappa shape index (κ3) is 4.67. The van der Waals surface area contributed by atoms with Crippen molar-refractivity contribution in [3.05, 3.63) is 52.1 Å². The maximum Gasteiger partial charge on any atom is 0.362 e. The van der Waals surface area contributed by atoms with Gasteiger partial charge in [0.25, 0.3) is 0 Å². The van der Waals surface area contributed by atoms with Gasteiger partial charge in [-0.25, -0.2) is 19.6 Å². The highest BCUT2D eigenvalue weighted by atomic mass is 32.1. The fourth-order valence-corrected chi connectivity index (χ4v) is 4.44. The van der Waals surface area contributed by atoms with Crippen LogP contribution in [0.4, 0.5) is 5.69 Å². The number of aliphatic imine (C=N–C) groups is 1. The molecule has 3 aliphatic heterocycles. The SMILES string of the molecule is COC(=O)c1sccc1N=C(C(=O)OC1=CCN2CCC1CC2)c1ccc(OC)nc1. The number of ether oxygens (including phenoxy) is 3. The monoisotopic (exact) mass is 441 g/mol. The molecule has 0 amide bonds. The van der Waals surface area contributed by atoms with E-state index in [1.807, 2.05) is 6.08 Å². The van der Waals surface area contributed by atoms with Gasteiger partial charge in [0.2, 0.25) is 5.88 Å². The molecule has 162 valence electrons. The van der Waals surface area contributed by atoms with Crippen LogP contribution in [0.25, 0.3) is 0 Å². The summed E-state index contributed by atoms with van der Waals surface area (Å²) in [6.07, 6.45) is 5.41. The molecule has 3 aliphatic rings. The summed E-state index contributed by atoms with van der Waals surface area (Å²) in [6.45, 7) is 2.78. The number of nitrogens with zero attached hydrogens (tertiary/aromatic N) is 3. The maximum atomic E-state index is 13.3. The summed E-state index contributed by atoms with van der Waals surface area (Å²) in [5.74, 6) is 0.245. The number of fused-ring (bicyclic) bond motifs is 3. The standard InChI is InChI=1S/C22H23N3O5S/c1-28-18-4-3-15(13-23-18)19(24-16-8-12-31-20(16)22(27)29-2)21(26)30-17-7-11-25-9-5-14(17)6-10-25/h3-4,7-8,12-14H,5-6,9-11H2,1-2H3. The molecule has 0 spiro atoms. The normalized spacial score (nSPS) is 20.6. The molecule has 0 atom stereocenters. The Morgan fingerprint density at radius 1 is 1.19 bits per heavy atom. The lowest BCUT2D eigenvalue weighted by molar-refractivity contribution is -0.132. The summed E-state index contributed by atoms with van der Waals surface area (Å²) in [6, 6.07) is 5.00.